The maximum Gasteiger partial charge on any atom is 0.351 e. The highest BCUT2D eigenvalue weighted by molar-refractivity contribution is 5.79. The van der Waals surface area contributed by atoms with E-state index in [9.17, 15) is 18.0 Å². The Bertz CT molecular complexity index is 1100. The number of nitrogens with zero attached hydrogens (tertiary/aromatic N) is 3. The van der Waals surface area contributed by atoms with Crippen LogP contribution in [0.4, 0.5) is 24.7 Å². The molecule has 3 heterocycles. The molecule has 11 heteroatoms. The van der Waals surface area contributed by atoms with Crippen LogP contribution in [0.5, 0.6) is 0 Å². The van der Waals surface area contributed by atoms with Gasteiger partial charge in [-0.25, -0.2) is 18.0 Å². The average Bonchev–Trinajstić information content (AvgIpc) is 3.02. The second kappa shape index (κ2) is 8.75. The van der Waals surface area contributed by atoms with Gasteiger partial charge in [-0.1, -0.05) is 6.07 Å². The normalized spacial score (nSPS) is 23.3. The monoisotopic (exact) mass is 448 g/mol. The van der Waals surface area contributed by atoms with Gasteiger partial charge in [0.15, 0.2) is 0 Å². The Hall–Kier alpha value is -3.18. The van der Waals surface area contributed by atoms with E-state index >= 15 is 0 Å². The van der Waals surface area contributed by atoms with Crippen molar-refractivity contribution in [2.24, 2.45) is 0 Å². The van der Waals surface area contributed by atoms with Gasteiger partial charge in [-0.05, 0) is 24.3 Å². The van der Waals surface area contributed by atoms with E-state index in [1.54, 1.807) is 12.1 Å². The summed E-state index contributed by atoms with van der Waals surface area (Å²) in [6.45, 7) is 1.13. The third-order valence-electron chi connectivity index (χ3n) is 5.50. The zero-order chi connectivity index (χ0) is 22.9. The molecule has 2 aliphatic rings. The van der Waals surface area contributed by atoms with Gasteiger partial charge in [-0.15, -0.1) is 0 Å². The van der Waals surface area contributed by atoms with Gasteiger partial charge >= 0.3 is 5.69 Å². The van der Waals surface area contributed by atoms with E-state index in [0.29, 0.717) is 30.8 Å². The summed E-state index contributed by atoms with van der Waals surface area (Å²) in [5.41, 5.74) is 6.59. The number of anilines is 2. The number of nitrogens with one attached hydrogen (secondary N) is 2. The summed E-state index contributed by atoms with van der Waals surface area (Å²) in [5.74, 6) is -3.66. The number of hydrogen-bond donors (Lipinski definition) is 3. The van der Waals surface area contributed by atoms with E-state index in [1.165, 1.54) is 24.4 Å². The van der Waals surface area contributed by atoms with Crippen LogP contribution in [0.3, 0.4) is 0 Å². The van der Waals surface area contributed by atoms with Crippen LogP contribution in [0.15, 0.2) is 52.6 Å². The standard InChI is InChI=1S/C21H23F3N6O2/c22-14-2-1-3-15(8-14)27-17-4-6-29(11-13(17)10-25)12-16-9-21(23,24)19(32-16)30-7-5-18(26)28-20(30)31/h1-3,5,7-8,10,16,19,25,27H,4,6,9,11-12H2,(H2,26,28,31)/t16-,19+/m0/s1. The summed E-state index contributed by atoms with van der Waals surface area (Å²) in [6.07, 6.45) is -0.185. The minimum atomic E-state index is -3.24. The van der Waals surface area contributed by atoms with Gasteiger partial charge in [-0.2, -0.15) is 4.98 Å². The maximum absolute atomic E-state index is 14.6. The van der Waals surface area contributed by atoms with Gasteiger partial charge in [0, 0.05) is 61.8 Å². The van der Waals surface area contributed by atoms with Crippen LogP contribution in [-0.4, -0.2) is 52.3 Å². The first-order chi connectivity index (χ1) is 15.2. The van der Waals surface area contributed by atoms with E-state index in [-0.39, 0.29) is 18.2 Å². The Labute approximate surface area is 182 Å². The third-order valence-corrected chi connectivity index (χ3v) is 5.50. The van der Waals surface area contributed by atoms with Crippen molar-refractivity contribution >= 4 is 17.7 Å². The van der Waals surface area contributed by atoms with Crippen LogP contribution in [0.25, 0.3) is 0 Å². The molecule has 170 valence electrons. The van der Waals surface area contributed by atoms with Gasteiger partial charge in [0.05, 0.1) is 6.10 Å². The number of nitrogens with two attached hydrogens (primary N) is 1. The number of hydrogen-bond acceptors (Lipinski definition) is 7. The first-order valence-electron chi connectivity index (χ1n) is 10.1. The molecule has 0 bridgehead atoms. The van der Waals surface area contributed by atoms with E-state index in [1.807, 2.05) is 4.90 Å². The molecule has 8 nitrogen and oxygen atoms in total. The molecule has 0 radical (unpaired) electrons. The SMILES string of the molecule is N=CC1=C(Nc2cccc(F)c2)CCN(C[C@@H]2CC(F)(F)[C@H](n3ccc(N)nc3=O)O2)C1. The predicted octanol–water partition coefficient (Wildman–Crippen LogP) is 2.61. The number of ether oxygens (including phenoxy) is 1. The Balaban J connectivity index is 1.43. The van der Waals surface area contributed by atoms with Crippen LogP contribution in [0.1, 0.15) is 19.1 Å². The smallest absolute Gasteiger partial charge is 0.351 e. The van der Waals surface area contributed by atoms with Crippen LogP contribution in [0.2, 0.25) is 0 Å². The molecule has 2 aromatic rings. The lowest BCUT2D eigenvalue weighted by molar-refractivity contribution is -0.118. The highest BCUT2D eigenvalue weighted by Crippen LogP contribution is 2.42. The first-order valence-corrected chi connectivity index (χ1v) is 10.1. The fourth-order valence-corrected chi connectivity index (χ4v) is 4.02. The summed E-state index contributed by atoms with van der Waals surface area (Å²) in [4.78, 5) is 17.4. The molecule has 2 aliphatic heterocycles. The van der Waals surface area contributed by atoms with Crippen molar-refractivity contribution in [1.82, 2.24) is 14.5 Å². The Morgan fingerprint density at radius 2 is 2.19 bits per heavy atom. The second-order valence-electron chi connectivity index (χ2n) is 7.89. The van der Waals surface area contributed by atoms with Crippen molar-refractivity contribution in [3.05, 3.63) is 64.1 Å². The minimum Gasteiger partial charge on any atom is -0.383 e. The summed E-state index contributed by atoms with van der Waals surface area (Å²) in [7, 11) is 0. The molecule has 0 amide bonds. The van der Waals surface area contributed by atoms with Crippen LogP contribution in [0, 0.1) is 11.2 Å². The lowest BCUT2D eigenvalue weighted by atomic mass is 10.0. The summed E-state index contributed by atoms with van der Waals surface area (Å²) in [6, 6.07) is 7.30. The van der Waals surface area contributed by atoms with Gasteiger partial charge in [0.1, 0.15) is 11.6 Å². The third kappa shape index (κ3) is 4.68. The number of rotatable bonds is 6. The number of aromatic nitrogens is 2. The molecule has 1 fully saturated rings. The molecular formula is C21H23F3N6O2. The maximum atomic E-state index is 14.6. The number of nitrogen functional groups attached to an aromatic ring is 1. The lowest BCUT2D eigenvalue weighted by Gasteiger charge is -2.31. The first kappa shape index (κ1) is 22.0. The summed E-state index contributed by atoms with van der Waals surface area (Å²) in [5, 5.41) is 10.9. The van der Waals surface area contributed by atoms with Crippen LogP contribution < -0.4 is 16.7 Å². The molecule has 1 aromatic heterocycles. The highest BCUT2D eigenvalue weighted by atomic mass is 19.3. The minimum absolute atomic E-state index is 0.0500. The summed E-state index contributed by atoms with van der Waals surface area (Å²) >= 11 is 0. The molecule has 4 N–H and O–H groups in total. The van der Waals surface area contributed by atoms with Gasteiger partial charge in [-0.3, -0.25) is 9.47 Å². The number of alkyl halides is 2. The van der Waals surface area contributed by atoms with E-state index in [2.05, 4.69) is 10.3 Å². The van der Waals surface area contributed by atoms with Crippen molar-refractivity contribution in [3.8, 4) is 0 Å². The van der Waals surface area contributed by atoms with Crippen LogP contribution in [-0.2, 0) is 4.74 Å². The molecule has 0 spiro atoms. The fourth-order valence-electron chi connectivity index (χ4n) is 4.02. The van der Waals surface area contributed by atoms with Gasteiger partial charge < -0.3 is 21.2 Å². The number of benzene rings is 1. The topological polar surface area (TPSA) is 109 Å². The Morgan fingerprint density at radius 1 is 1.38 bits per heavy atom. The van der Waals surface area contributed by atoms with Crippen molar-refractivity contribution in [2.75, 3.05) is 30.7 Å². The van der Waals surface area contributed by atoms with Gasteiger partial charge in [0.2, 0.25) is 6.23 Å². The largest absolute Gasteiger partial charge is 0.383 e. The molecule has 32 heavy (non-hydrogen) atoms. The molecule has 1 aromatic carbocycles. The quantitative estimate of drug-likeness (QED) is 0.586. The Kier molecular flexibility index (Phi) is 6.02. The zero-order valence-corrected chi connectivity index (χ0v) is 17.1. The van der Waals surface area contributed by atoms with Crippen molar-refractivity contribution < 1.29 is 17.9 Å². The molecular weight excluding hydrogens is 425 g/mol. The molecule has 0 saturated carbocycles. The average molecular weight is 448 g/mol. The fraction of sp³-hybridized carbons (Fsp3) is 0.381. The Morgan fingerprint density at radius 3 is 2.91 bits per heavy atom. The molecule has 2 atom stereocenters. The lowest BCUT2D eigenvalue weighted by Crippen LogP contribution is -2.39. The molecule has 0 unspecified atom stereocenters. The summed E-state index contributed by atoms with van der Waals surface area (Å²) < 4.78 is 49.0. The van der Waals surface area contributed by atoms with E-state index < -0.39 is 30.4 Å². The molecule has 4 rings (SSSR count). The zero-order valence-electron chi connectivity index (χ0n) is 17.1. The van der Waals surface area contributed by atoms with Gasteiger partial charge in [0.25, 0.3) is 5.92 Å². The highest BCUT2D eigenvalue weighted by Gasteiger charge is 2.52. The van der Waals surface area contributed by atoms with Crippen molar-refractivity contribution in [2.45, 2.75) is 31.1 Å². The molecule has 0 aliphatic carbocycles. The van der Waals surface area contributed by atoms with Crippen LogP contribution >= 0.6 is 0 Å². The van der Waals surface area contributed by atoms with Crippen molar-refractivity contribution in [3.63, 3.8) is 0 Å². The van der Waals surface area contributed by atoms with E-state index in [4.69, 9.17) is 15.9 Å². The van der Waals surface area contributed by atoms with Crippen molar-refractivity contribution in [1.29, 1.82) is 5.41 Å². The van der Waals surface area contributed by atoms with E-state index in [0.717, 1.165) is 16.5 Å². The second-order valence-corrected chi connectivity index (χ2v) is 7.89. The molecule has 1 saturated heterocycles. The predicted molar refractivity (Wildman–Crippen MR) is 113 cm³/mol. The number of halogens is 3.